The van der Waals surface area contributed by atoms with E-state index in [1.54, 1.807) is 23.3 Å². The van der Waals surface area contributed by atoms with Crippen LogP contribution < -0.4 is 10.1 Å². The number of pyridine rings is 1. The summed E-state index contributed by atoms with van der Waals surface area (Å²) in [6.07, 6.45) is 5.25. The summed E-state index contributed by atoms with van der Waals surface area (Å²) in [4.78, 5) is 16.1. The minimum Gasteiger partial charge on any atom is -0.484 e. The van der Waals surface area contributed by atoms with Gasteiger partial charge in [0.2, 0.25) is 0 Å². The van der Waals surface area contributed by atoms with Crippen LogP contribution in [0, 0.1) is 0 Å². The first kappa shape index (κ1) is 15.7. The summed E-state index contributed by atoms with van der Waals surface area (Å²) >= 11 is 0. The van der Waals surface area contributed by atoms with Crippen molar-refractivity contribution in [2.24, 2.45) is 7.05 Å². The number of rotatable bonds is 6. The van der Waals surface area contributed by atoms with Crippen LogP contribution in [0.25, 0.3) is 11.3 Å². The first-order chi connectivity index (χ1) is 11.7. The standard InChI is InChI=1S/C18H18N4O2/c1-22-17(7-8-21-22)15-9-14(10-19-12-15)11-20-18(23)13-24-16-5-3-2-4-6-16/h2-10,12H,11,13H2,1H3,(H,20,23). The first-order valence-corrected chi connectivity index (χ1v) is 7.59. The van der Waals surface area contributed by atoms with E-state index in [1.165, 1.54) is 0 Å². The number of para-hydroxylation sites is 1. The van der Waals surface area contributed by atoms with E-state index in [9.17, 15) is 4.79 Å². The van der Waals surface area contributed by atoms with Crippen molar-refractivity contribution >= 4 is 5.91 Å². The average Bonchev–Trinajstić information content (AvgIpc) is 3.05. The molecule has 0 saturated carbocycles. The van der Waals surface area contributed by atoms with Crippen LogP contribution in [-0.4, -0.2) is 27.3 Å². The lowest BCUT2D eigenvalue weighted by Gasteiger charge is -2.08. The first-order valence-electron chi connectivity index (χ1n) is 7.59. The Labute approximate surface area is 140 Å². The highest BCUT2D eigenvalue weighted by Gasteiger charge is 2.06. The van der Waals surface area contributed by atoms with Gasteiger partial charge in [-0.15, -0.1) is 0 Å². The minimum absolute atomic E-state index is 0.0150. The third-order valence-corrected chi connectivity index (χ3v) is 3.51. The maximum atomic E-state index is 11.9. The van der Waals surface area contributed by atoms with Crippen molar-refractivity contribution in [3.8, 4) is 17.0 Å². The van der Waals surface area contributed by atoms with Crippen molar-refractivity contribution < 1.29 is 9.53 Å². The quantitative estimate of drug-likeness (QED) is 0.755. The summed E-state index contributed by atoms with van der Waals surface area (Å²) in [5, 5.41) is 6.98. The Morgan fingerprint density at radius 2 is 2.04 bits per heavy atom. The number of nitrogens with zero attached hydrogens (tertiary/aromatic N) is 3. The van der Waals surface area contributed by atoms with E-state index in [1.807, 2.05) is 49.5 Å². The summed E-state index contributed by atoms with van der Waals surface area (Å²) in [7, 11) is 1.88. The molecule has 0 radical (unpaired) electrons. The molecule has 2 heterocycles. The molecule has 0 aliphatic rings. The van der Waals surface area contributed by atoms with Crippen LogP contribution in [0.4, 0.5) is 0 Å². The van der Waals surface area contributed by atoms with Crippen molar-refractivity contribution in [1.29, 1.82) is 0 Å². The summed E-state index contributed by atoms with van der Waals surface area (Å²) in [6.45, 7) is 0.383. The van der Waals surface area contributed by atoms with Crippen LogP contribution in [0.3, 0.4) is 0 Å². The number of aromatic nitrogens is 3. The number of carbonyl (C=O) groups is 1. The molecule has 1 amide bonds. The number of hydrogen-bond donors (Lipinski definition) is 1. The van der Waals surface area contributed by atoms with Gasteiger partial charge in [0.1, 0.15) is 5.75 Å². The van der Waals surface area contributed by atoms with Crippen molar-refractivity contribution in [2.75, 3.05) is 6.61 Å². The summed E-state index contributed by atoms with van der Waals surface area (Å²) in [5.74, 6) is 0.498. The van der Waals surface area contributed by atoms with E-state index in [2.05, 4.69) is 15.4 Å². The molecule has 24 heavy (non-hydrogen) atoms. The average molecular weight is 322 g/mol. The maximum Gasteiger partial charge on any atom is 0.258 e. The topological polar surface area (TPSA) is 69.0 Å². The smallest absolute Gasteiger partial charge is 0.258 e. The molecule has 0 saturated heterocycles. The van der Waals surface area contributed by atoms with E-state index in [4.69, 9.17) is 4.74 Å². The van der Waals surface area contributed by atoms with Crippen LogP contribution >= 0.6 is 0 Å². The minimum atomic E-state index is -0.176. The molecule has 3 aromatic rings. The number of carbonyl (C=O) groups excluding carboxylic acids is 1. The van der Waals surface area contributed by atoms with Crippen molar-refractivity contribution in [3.05, 3.63) is 66.6 Å². The predicted octanol–water partition coefficient (Wildman–Crippen LogP) is 2.18. The zero-order valence-corrected chi connectivity index (χ0v) is 13.3. The second kappa shape index (κ2) is 7.41. The van der Waals surface area contributed by atoms with E-state index in [-0.39, 0.29) is 12.5 Å². The number of ether oxygens (including phenoxy) is 1. The Morgan fingerprint density at radius 1 is 1.21 bits per heavy atom. The largest absolute Gasteiger partial charge is 0.484 e. The van der Waals surface area contributed by atoms with Gasteiger partial charge < -0.3 is 10.1 Å². The molecule has 1 N–H and O–H groups in total. The van der Waals surface area contributed by atoms with E-state index >= 15 is 0 Å². The number of benzene rings is 1. The van der Waals surface area contributed by atoms with Gasteiger partial charge in [-0.1, -0.05) is 18.2 Å². The molecular formula is C18H18N4O2. The monoisotopic (exact) mass is 322 g/mol. The van der Waals surface area contributed by atoms with Gasteiger partial charge in [0.05, 0.1) is 5.69 Å². The molecule has 0 aliphatic heterocycles. The number of hydrogen-bond acceptors (Lipinski definition) is 4. The SMILES string of the molecule is Cn1nccc1-c1cncc(CNC(=O)COc2ccccc2)c1. The Morgan fingerprint density at radius 3 is 2.79 bits per heavy atom. The molecule has 6 nitrogen and oxygen atoms in total. The molecule has 0 unspecified atom stereocenters. The Hall–Kier alpha value is -3.15. The Balaban J connectivity index is 1.55. The third-order valence-electron chi connectivity index (χ3n) is 3.51. The lowest BCUT2D eigenvalue weighted by atomic mass is 10.1. The summed E-state index contributed by atoms with van der Waals surface area (Å²) in [5.41, 5.74) is 2.85. The second-order valence-electron chi connectivity index (χ2n) is 5.30. The van der Waals surface area contributed by atoms with Crippen LogP contribution in [-0.2, 0) is 18.4 Å². The van der Waals surface area contributed by atoms with Gasteiger partial charge >= 0.3 is 0 Å². The van der Waals surface area contributed by atoms with Gasteiger partial charge in [0.25, 0.3) is 5.91 Å². The van der Waals surface area contributed by atoms with Gasteiger partial charge in [-0.05, 0) is 29.8 Å². The van der Waals surface area contributed by atoms with Crippen molar-refractivity contribution in [2.45, 2.75) is 6.54 Å². The molecule has 0 atom stereocenters. The van der Waals surface area contributed by atoms with Gasteiger partial charge in [0, 0.05) is 37.7 Å². The molecule has 0 fully saturated rings. The Bertz CT molecular complexity index is 815. The van der Waals surface area contributed by atoms with E-state index in [0.717, 1.165) is 16.8 Å². The molecule has 0 aliphatic carbocycles. The van der Waals surface area contributed by atoms with E-state index < -0.39 is 0 Å². The fourth-order valence-electron chi connectivity index (χ4n) is 2.30. The fraction of sp³-hybridized carbons (Fsp3) is 0.167. The zero-order chi connectivity index (χ0) is 16.8. The molecule has 3 rings (SSSR count). The third kappa shape index (κ3) is 3.98. The number of nitrogens with one attached hydrogen (secondary N) is 1. The van der Waals surface area contributed by atoms with Crippen LogP contribution in [0.2, 0.25) is 0 Å². The van der Waals surface area contributed by atoms with Crippen LogP contribution in [0.5, 0.6) is 5.75 Å². The lowest BCUT2D eigenvalue weighted by molar-refractivity contribution is -0.123. The molecule has 1 aromatic carbocycles. The highest BCUT2D eigenvalue weighted by molar-refractivity contribution is 5.77. The maximum absolute atomic E-state index is 11.9. The summed E-state index contributed by atoms with van der Waals surface area (Å²) < 4.78 is 7.20. The van der Waals surface area contributed by atoms with Crippen LogP contribution in [0.15, 0.2) is 61.1 Å². The van der Waals surface area contributed by atoms with Crippen molar-refractivity contribution in [3.63, 3.8) is 0 Å². The molecule has 2 aromatic heterocycles. The van der Waals surface area contributed by atoms with Gasteiger partial charge in [-0.2, -0.15) is 5.10 Å². The van der Waals surface area contributed by atoms with Crippen LogP contribution in [0.1, 0.15) is 5.56 Å². The molecule has 0 spiro atoms. The molecule has 6 heteroatoms. The highest BCUT2D eigenvalue weighted by Crippen LogP contribution is 2.18. The zero-order valence-electron chi connectivity index (χ0n) is 13.3. The fourth-order valence-corrected chi connectivity index (χ4v) is 2.30. The summed E-state index contributed by atoms with van der Waals surface area (Å²) in [6, 6.07) is 13.2. The predicted molar refractivity (Wildman–Crippen MR) is 90.2 cm³/mol. The lowest BCUT2D eigenvalue weighted by Crippen LogP contribution is -2.28. The Kier molecular flexibility index (Phi) is 4.86. The second-order valence-corrected chi connectivity index (χ2v) is 5.30. The highest BCUT2D eigenvalue weighted by atomic mass is 16.5. The molecular weight excluding hydrogens is 304 g/mol. The van der Waals surface area contributed by atoms with Gasteiger partial charge in [-0.3, -0.25) is 14.5 Å². The van der Waals surface area contributed by atoms with Gasteiger partial charge in [-0.25, -0.2) is 0 Å². The number of amides is 1. The normalized spacial score (nSPS) is 10.4. The van der Waals surface area contributed by atoms with E-state index in [0.29, 0.717) is 12.3 Å². The number of aryl methyl sites for hydroxylation is 1. The van der Waals surface area contributed by atoms with Gasteiger partial charge in [0.15, 0.2) is 6.61 Å². The van der Waals surface area contributed by atoms with Crippen molar-refractivity contribution in [1.82, 2.24) is 20.1 Å². The molecule has 0 bridgehead atoms. The molecule has 122 valence electrons.